The number of hydrogen-bond donors (Lipinski definition) is 1. The van der Waals surface area contributed by atoms with E-state index in [1.54, 1.807) is 24.3 Å². The Kier molecular flexibility index (Phi) is 7.56. The maximum Gasteiger partial charge on any atom is 0.338 e. The number of nitrogens with zero attached hydrogens (tertiary/aromatic N) is 1. The van der Waals surface area contributed by atoms with E-state index >= 15 is 0 Å². The Morgan fingerprint density at radius 1 is 0.968 bits per heavy atom. The second-order valence-electron chi connectivity index (χ2n) is 7.40. The van der Waals surface area contributed by atoms with Crippen molar-refractivity contribution in [3.05, 3.63) is 104 Å². The number of nitrogens with one attached hydrogen (secondary N) is 1. The topological polar surface area (TPSA) is 90.4 Å². The zero-order chi connectivity index (χ0) is 22.2. The number of benzene rings is 2. The van der Waals surface area contributed by atoms with Crippen molar-refractivity contribution in [3.63, 3.8) is 0 Å². The highest BCUT2D eigenvalue weighted by molar-refractivity contribution is 5.89. The van der Waals surface area contributed by atoms with E-state index in [1.165, 1.54) is 4.57 Å². The van der Waals surface area contributed by atoms with Crippen molar-refractivity contribution in [1.29, 1.82) is 0 Å². The van der Waals surface area contributed by atoms with Crippen LogP contribution in [0.1, 0.15) is 46.9 Å². The molecule has 3 rings (SSSR count). The normalized spacial score (nSPS) is 10.9. The lowest BCUT2D eigenvalue weighted by Gasteiger charge is -2.18. The molecule has 2 aromatic carbocycles. The van der Waals surface area contributed by atoms with Crippen LogP contribution < -0.4 is 11.2 Å². The first-order valence-electron chi connectivity index (χ1n) is 10.2. The summed E-state index contributed by atoms with van der Waals surface area (Å²) in [5.41, 5.74) is 1.73. The monoisotopic (exact) mass is 422 g/mol. The molecule has 0 bridgehead atoms. The molecule has 0 aliphatic rings. The first kappa shape index (κ1) is 22.2. The number of esters is 1. The average molecular weight is 422 g/mol. The zero-order valence-electron chi connectivity index (χ0n) is 17.7. The lowest BCUT2D eigenvalue weighted by molar-refractivity contribution is 0.0156. The molecule has 1 heterocycles. The van der Waals surface area contributed by atoms with Crippen LogP contribution in [0.3, 0.4) is 0 Å². The van der Waals surface area contributed by atoms with Gasteiger partial charge in [-0.25, -0.2) is 9.59 Å². The van der Waals surface area contributed by atoms with Crippen molar-refractivity contribution in [3.8, 4) is 0 Å². The van der Waals surface area contributed by atoms with Gasteiger partial charge in [0, 0.05) is 17.7 Å². The molecule has 162 valence electrons. The standard InChI is InChI=1S/C24H26N2O5/c1-17(2)21-20(15-18-9-5-3-6-10-18)26(24(29)25-22(21)27)16-30-13-14-31-23(28)19-11-7-4-8-12-19/h3-12,17H,13-16H2,1-2H3,(H,25,27,29). The van der Waals surface area contributed by atoms with Crippen LogP contribution in [0.4, 0.5) is 0 Å². The van der Waals surface area contributed by atoms with Crippen molar-refractivity contribution in [2.24, 2.45) is 0 Å². The maximum atomic E-state index is 12.5. The highest BCUT2D eigenvalue weighted by atomic mass is 16.6. The lowest BCUT2D eigenvalue weighted by Crippen LogP contribution is -2.37. The third-order valence-corrected chi connectivity index (χ3v) is 4.83. The summed E-state index contributed by atoms with van der Waals surface area (Å²) in [5, 5.41) is 0. The molecule has 0 aliphatic heterocycles. The minimum absolute atomic E-state index is 0.0525. The van der Waals surface area contributed by atoms with Gasteiger partial charge in [-0.05, 0) is 23.6 Å². The zero-order valence-corrected chi connectivity index (χ0v) is 17.7. The van der Waals surface area contributed by atoms with Gasteiger partial charge in [-0.1, -0.05) is 62.4 Å². The molecule has 7 heteroatoms. The number of rotatable bonds is 9. The van der Waals surface area contributed by atoms with Gasteiger partial charge >= 0.3 is 11.7 Å². The van der Waals surface area contributed by atoms with Crippen molar-refractivity contribution < 1.29 is 14.3 Å². The van der Waals surface area contributed by atoms with E-state index < -0.39 is 11.7 Å². The molecule has 0 spiro atoms. The SMILES string of the molecule is CC(C)c1c(Cc2ccccc2)n(COCCOC(=O)c2ccccc2)c(=O)[nH]c1=O. The van der Waals surface area contributed by atoms with Crippen LogP contribution >= 0.6 is 0 Å². The largest absolute Gasteiger partial charge is 0.460 e. The predicted octanol–water partition coefficient (Wildman–Crippen LogP) is 3.08. The van der Waals surface area contributed by atoms with Gasteiger partial charge in [0.2, 0.25) is 0 Å². The fourth-order valence-electron chi connectivity index (χ4n) is 3.35. The van der Waals surface area contributed by atoms with Gasteiger partial charge in [-0.15, -0.1) is 0 Å². The Balaban J connectivity index is 1.71. The van der Waals surface area contributed by atoms with Crippen LogP contribution in [-0.2, 0) is 22.6 Å². The minimum Gasteiger partial charge on any atom is -0.460 e. The van der Waals surface area contributed by atoms with Gasteiger partial charge in [-0.2, -0.15) is 0 Å². The van der Waals surface area contributed by atoms with Crippen molar-refractivity contribution in [2.45, 2.75) is 32.9 Å². The molecular weight excluding hydrogens is 396 g/mol. The number of carbonyl (C=O) groups is 1. The number of aromatic nitrogens is 2. The molecule has 3 aromatic rings. The number of aromatic amines is 1. The van der Waals surface area contributed by atoms with Crippen LogP contribution in [0.5, 0.6) is 0 Å². The van der Waals surface area contributed by atoms with Crippen molar-refractivity contribution >= 4 is 5.97 Å². The molecule has 0 unspecified atom stereocenters. The fourth-order valence-corrected chi connectivity index (χ4v) is 3.35. The molecular formula is C24H26N2O5. The molecule has 0 radical (unpaired) electrons. The summed E-state index contributed by atoms with van der Waals surface area (Å²) in [6.45, 7) is 3.94. The maximum absolute atomic E-state index is 12.5. The van der Waals surface area contributed by atoms with E-state index in [4.69, 9.17) is 9.47 Å². The molecule has 0 saturated heterocycles. The number of H-pyrrole nitrogens is 1. The van der Waals surface area contributed by atoms with E-state index in [2.05, 4.69) is 4.98 Å². The first-order chi connectivity index (χ1) is 15.0. The summed E-state index contributed by atoms with van der Waals surface area (Å²) in [5.74, 6) is -0.501. The summed E-state index contributed by atoms with van der Waals surface area (Å²) in [6, 6.07) is 18.3. The number of carbonyl (C=O) groups excluding carboxylic acids is 1. The van der Waals surface area contributed by atoms with E-state index in [9.17, 15) is 14.4 Å². The summed E-state index contributed by atoms with van der Waals surface area (Å²) < 4.78 is 12.2. The first-order valence-corrected chi connectivity index (χ1v) is 10.2. The van der Waals surface area contributed by atoms with E-state index in [0.717, 1.165) is 5.56 Å². The van der Waals surface area contributed by atoms with Crippen LogP contribution in [0, 0.1) is 0 Å². The summed E-state index contributed by atoms with van der Waals surface area (Å²) in [7, 11) is 0. The predicted molar refractivity (Wildman–Crippen MR) is 117 cm³/mol. The summed E-state index contributed by atoms with van der Waals surface area (Å²) >= 11 is 0. The summed E-state index contributed by atoms with van der Waals surface area (Å²) in [4.78, 5) is 39.3. The third-order valence-electron chi connectivity index (χ3n) is 4.83. The highest BCUT2D eigenvalue weighted by Crippen LogP contribution is 2.18. The molecule has 1 aromatic heterocycles. The Labute approximate surface area is 180 Å². The van der Waals surface area contributed by atoms with Crippen molar-refractivity contribution in [2.75, 3.05) is 13.2 Å². The highest BCUT2D eigenvalue weighted by Gasteiger charge is 2.18. The average Bonchev–Trinajstić information content (AvgIpc) is 2.76. The molecule has 0 amide bonds. The van der Waals surface area contributed by atoms with E-state index in [0.29, 0.717) is 23.2 Å². The van der Waals surface area contributed by atoms with Gasteiger partial charge in [0.05, 0.1) is 12.2 Å². The molecule has 0 atom stereocenters. The molecule has 0 aliphatic carbocycles. The van der Waals surface area contributed by atoms with Gasteiger partial charge < -0.3 is 9.47 Å². The second-order valence-corrected chi connectivity index (χ2v) is 7.40. The van der Waals surface area contributed by atoms with E-state index in [-0.39, 0.29) is 31.4 Å². The fraction of sp³-hybridized carbons (Fsp3) is 0.292. The second kappa shape index (κ2) is 10.5. The Hall–Kier alpha value is -3.45. The summed E-state index contributed by atoms with van der Waals surface area (Å²) in [6.07, 6.45) is 0.430. The van der Waals surface area contributed by atoms with Crippen LogP contribution in [-0.4, -0.2) is 28.7 Å². The Morgan fingerprint density at radius 3 is 2.26 bits per heavy atom. The minimum atomic E-state index is -0.526. The molecule has 0 saturated carbocycles. The Morgan fingerprint density at radius 2 is 1.61 bits per heavy atom. The third kappa shape index (κ3) is 5.79. The lowest BCUT2D eigenvalue weighted by atomic mass is 9.98. The smallest absolute Gasteiger partial charge is 0.338 e. The van der Waals surface area contributed by atoms with Gasteiger partial charge in [0.15, 0.2) is 0 Å². The quantitative estimate of drug-likeness (QED) is 0.423. The van der Waals surface area contributed by atoms with Crippen LogP contribution in [0.2, 0.25) is 0 Å². The number of hydrogen-bond acceptors (Lipinski definition) is 5. The van der Waals surface area contributed by atoms with E-state index in [1.807, 2.05) is 50.2 Å². The van der Waals surface area contributed by atoms with Gasteiger partial charge in [0.1, 0.15) is 13.3 Å². The molecule has 7 nitrogen and oxygen atoms in total. The van der Waals surface area contributed by atoms with Gasteiger partial charge in [0.25, 0.3) is 5.56 Å². The molecule has 31 heavy (non-hydrogen) atoms. The van der Waals surface area contributed by atoms with Crippen LogP contribution in [0.15, 0.2) is 70.3 Å². The van der Waals surface area contributed by atoms with Gasteiger partial charge in [-0.3, -0.25) is 14.3 Å². The Bertz CT molecular complexity index is 1120. The molecule has 0 fully saturated rings. The van der Waals surface area contributed by atoms with Crippen molar-refractivity contribution in [1.82, 2.24) is 9.55 Å². The number of ether oxygens (including phenoxy) is 2. The van der Waals surface area contributed by atoms with Crippen LogP contribution in [0.25, 0.3) is 0 Å². The molecule has 1 N–H and O–H groups in total.